The molecule has 0 bridgehead atoms. The Balaban J connectivity index is 2.39. The van der Waals surface area contributed by atoms with Crippen LogP contribution in [-0.2, 0) is 19.0 Å². The smallest absolute Gasteiger partial charge is 0.119 e. The van der Waals surface area contributed by atoms with Crippen LogP contribution in [0.25, 0.3) is 10.9 Å². The molecule has 3 rings (SSSR count). The molecule has 1 aliphatic heterocycles. The highest BCUT2D eigenvalue weighted by Crippen LogP contribution is 2.36. The number of fused-ring (bicyclic) bond motifs is 3. The SMILES string of the molecule is Cn1c2c(c3ccccc31)C(C)(C)[NH2+]C(C)(C)C2. The van der Waals surface area contributed by atoms with Gasteiger partial charge in [-0.2, -0.15) is 0 Å². The van der Waals surface area contributed by atoms with Crippen LogP contribution in [0.5, 0.6) is 0 Å². The molecule has 2 N–H and O–H groups in total. The molecule has 0 radical (unpaired) electrons. The molecule has 1 aliphatic rings. The summed E-state index contributed by atoms with van der Waals surface area (Å²) in [6, 6.07) is 8.78. The summed E-state index contributed by atoms with van der Waals surface area (Å²) in [5, 5.41) is 3.95. The van der Waals surface area contributed by atoms with Gasteiger partial charge in [-0.15, -0.1) is 0 Å². The molecule has 2 nitrogen and oxygen atoms in total. The van der Waals surface area contributed by atoms with Crippen molar-refractivity contribution < 1.29 is 5.32 Å². The Hall–Kier alpha value is -1.28. The van der Waals surface area contributed by atoms with E-state index in [0.717, 1.165) is 6.42 Å². The lowest BCUT2D eigenvalue weighted by Crippen LogP contribution is -3.04. The summed E-state index contributed by atoms with van der Waals surface area (Å²) in [6.45, 7) is 9.38. The monoisotopic (exact) mass is 243 g/mol. The first-order chi connectivity index (χ1) is 8.32. The molecular formula is C16H23N2+. The maximum absolute atomic E-state index is 2.52. The zero-order valence-electron chi connectivity index (χ0n) is 12.0. The molecule has 0 fully saturated rings. The quantitative estimate of drug-likeness (QED) is 0.733. The molecule has 2 heterocycles. The minimum Gasteiger partial charge on any atom is -0.347 e. The van der Waals surface area contributed by atoms with Crippen molar-refractivity contribution in [3.63, 3.8) is 0 Å². The van der Waals surface area contributed by atoms with Gasteiger partial charge in [0.15, 0.2) is 0 Å². The van der Waals surface area contributed by atoms with E-state index >= 15 is 0 Å². The highest BCUT2D eigenvalue weighted by Gasteiger charge is 2.43. The van der Waals surface area contributed by atoms with E-state index in [1.165, 1.54) is 22.2 Å². The highest BCUT2D eigenvalue weighted by atomic mass is 15.1. The number of hydrogen-bond donors (Lipinski definition) is 1. The summed E-state index contributed by atoms with van der Waals surface area (Å²) in [5.41, 5.74) is 4.83. The van der Waals surface area contributed by atoms with Crippen LogP contribution < -0.4 is 5.32 Å². The number of nitrogens with two attached hydrogens (primary N) is 1. The van der Waals surface area contributed by atoms with Gasteiger partial charge in [0.25, 0.3) is 0 Å². The molecule has 1 aromatic heterocycles. The van der Waals surface area contributed by atoms with Gasteiger partial charge in [-0.1, -0.05) is 18.2 Å². The van der Waals surface area contributed by atoms with Crippen LogP contribution in [-0.4, -0.2) is 10.1 Å². The molecule has 0 saturated carbocycles. The van der Waals surface area contributed by atoms with E-state index < -0.39 is 0 Å². The Morgan fingerprint density at radius 2 is 1.78 bits per heavy atom. The number of aromatic nitrogens is 1. The van der Waals surface area contributed by atoms with Gasteiger partial charge in [0, 0.05) is 35.6 Å². The second kappa shape index (κ2) is 3.39. The number of quaternary nitrogens is 1. The molecule has 2 aromatic rings. The second-order valence-electron chi connectivity index (χ2n) is 6.93. The zero-order valence-corrected chi connectivity index (χ0v) is 12.0. The van der Waals surface area contributed by atoms with E-state index in [4.69, 9.17) is 0 Å². The average Bonchev–Trinajstić information content (AvgIpc) is 2.51. The third-order valence-corrected chi connectivity index (χ3v) is 4.25. The average molecular weight is 243 g/mol. The van der Waals surface area contributed by atoms with Crippen LogP contribution in [0, 0.1) is 0 Å². The Morgan fingerprint density at radius 1 is 1.11 bits per heavy atom. The van der Waals surface area contributed by atoms with E-state index in [0.29, 0.717) is 0 Å². The molecule has 1 aromatic carbocycles. The summed E-state index contributed by atoms with van der Waals surface area (Å²) in [6.07, 6.45) is 1.14. The van der Waals surface area contributed by atoms with Crippen LogP contribution in [0.1, 0.15) is 39.0 Å². The first kappa shape index (κ1) is 11.8. The zero-order chi connectivity index (χ0) is 13.1. The maximum atomic E-state index is 2.52. The van der Waals surface area contributed by atoms with Crippen LogP contribution in [0.2, 0.25) is 0 Å². The number of para-hydroxylation sites is 1. The minimum absolute atomic E-state index is 0.151. The Labute approximate surface area is 109 Å². The van der Waals surface area contributed by atoms with Crippen molar-refractivity contribution in [2.45, 2.75) is 45.2 Å². The molecule has 0 saturated heterocycles. The Bertz CT molecular complexity index is 617. The first-order valence-corrected chi connectivity index (χ1v) is 6.76. The minimum atomic E-state index is 0.151. The Kier molecular flexibility index (Phi) is 2.22. The van der Waals surface area contributed by atoms with Gasteiger partial charge >= 0.3 is 0 Å². The molecule has 18 heavy (non-hydrogen) atoms. The number of rotatable bonds is 0. The lowest BCUT2D eigenvalue weighted by molar-refractivity contribution is -0.790. The fraction of sp³-hybridized carbons (Fsp3) is 0.500. The molecule has 2 heteroatoms. The third-order valence-electron chi connectivity index (χ3n) is 4.25. The summed E-state index contributed by atoms with van der Waals surface area (Å²) in [7, 11) is 2.21. The number of aryl methyl sites for hydroxylation is 1. The molecule has 0 atom stereocenters. The lowest BCUT2D eigenvalue weighted by Gasteiger charge is -2.39. The third kappa shape index (κ3) is 1.52. The van der Waals surface area contributed by atoms with E-state index in [9.17, 15) is 0 Å². The number of hydrogen-bond acceptors (Lipinski definition) is 0. The summed E-state index contributed by atoms with van der Waals surface area (Å²) in [4.78, 5) is 0. The van der Waals surface area contributed by atoms with E-state index in [2.05, 4.69) is 68.9 Å². The van der Waals surface area contributed by atoms with E-state index in [1.807, 2.05) is 0 Å². The summed E-state index contributed by atoms with van der Waals surface area (Å²) < 4.78 is 2.39. The van der Waals surface area contributed by atoms with Crippen LogP contribution in [0.4, 0.5) is 0 Å². The number of nitrogens with zero attached hydrogens (tertiary/aromatic N) is 1. The number of benzene rings is 1. The van der Waals surface area contributed by atoms with Crippen LogP contribution in [0.15, 0.2) is 24.3 Å². The van der Waals surface area contributed by atoms with E-state index in [-0.39, 0.29) is 11.1 Å². The fourth-order valence-corrected chi connectivity index (χ4v) is 3.90. The predicted octanol–water partition coefficient (Wildman–Crippen LogP) is 2.31. The Morgan fingerprint density at radius 3 is 2.50 bits per heavy atom. The van der Waals surface area contributed by atoms with Gasteiger partial charge in [-0.3, -0.25) is 0 Å². The van der Waals surface area contributed by atoms with Gasteiger partial charge in [0.05, 0.1) is 5.54 Å². The topological polar surface area (TPSA) is 21.5 Å². The predicted molar refractivity (Wildman–Crippen MR) is 75.7 cm³/mol. The highest BCUT2D eigenvalue weighted by molar-refractivity contribution is 5.86. The second-order valence-corrected chi connectivity index (χ2v) is 6.93. The van der Waals surface area contributed by atoms with Crippen molar-refractivity contribution in [3.05, 3.63) is 35.5 Å². The lowest BCUT2D eigenvalue weighted by atomic mass is 9.80. The van der Waals surface area contributed by atoms with Crippen molar-refractivity contribution in [1.82, 2.24) is 4.57 Å². The van der Waals surface area contributed by atoms with Crippen molar-refractivity contribution in [3.8, 4) is 0 Å². The van der Waals surface area contributed by atoms with Crippen molar-refractivity contribution >= 4 is 10.9 Å². The van der Waals surface area contributed by atoms with Crippen LogP contribution >= 0.6 is 0 Å². The maximum Gasteiger partial charge on any atom is 0.119 e. The summed E-state index contributed by atoms with van der Waals surface area (Å²) in [5.74, 6) is 0. The van der Waals surface area contributed by atoms with Crippen molar-refractivity contribution in [1.29, 1.82) is 0 Å². The largest absolute Gasteiger partial charge is 0.347 e. The van der Waals surface area contributed by atoms with Crippen molar-refractivity contribution in [2.75, 3.05) is 0 Å². The van der Waals surface area contributed by atoms with E-state index in [1.54, 1.807) is 0 Å². The first-order valence-electron chi connectivity index (χ1n) is 6.76. The van der Waals surface area contributed by atoms with Gasteiger partial charge in [0.1, 0.15) is 5.54 Å². The molecular weight excluding hydrogens is 220 g/mol. The van der Waals surface area contributed by atoms with Crippen molar-refractivity contribution in [2.24, 2.45) is 7.05 Å². The molecule has 0 amide bonds. The van der Waals surface area contributed by atoms with Crippen LogP contribution in [0.3, 0.4) is 0 Å². The summed E-state index contributed by atoms with van der Waals surface area (Å²) >= 11 is 0. The van der Waals surface area contributed by atoms with Gasteiger partial charge in [-0.05, 0) is 33.8 Å². The molecule has 0 unspecified atom stereocenters. The fourth-order valence-electron chi connectivity index (χ4n) is 3.90. The van der Waals surface area contributed by atoms with Gasteiger partial charge < -0.3 is 9.88 Å². The molecule has 96 valence electrons. The molecule has 0 aliphatic carbocycles. The van der Waals surface area contributed by atoms with Gasteiger partial charge in [-0.25, -0.2) is 0 Å². The normalized spacial score (nSPS) is 20.9. The standard InChI is InChI=1S/C16H22N2/c1-15(2)10-13-14(16(3,4)17-15)11-8-6-7-9-12(11)18(13)5/h6-9,17H,10H2,1-5H3/p+1. The van der Waals surface area contributed by atoms with Gasteiger partial charge in [0.2, 0.25) is 0 Å². The molecule has 0 spiro atoms.